The molecule has 2 N–H and O–H groups in total. The van der Waals surface area contributed by atoms with Crippen molar-refractivity contribution < 1.29 is 4.79 Å². The normalized spacial score (nSPS) is 26.9. The number of nitrogens with zero attached hydrogens (tertiary/aromatic N) is 1. The van der Waals surface area contributed by atoms with Crippen molar-refractivity contribution in [2.75, 3.05) is 32.7 Å². The van der Waals surface area contributed by atoms with E-state index in [1.165, 1.54) is 32.1 Å². The standard InChI is InChI=1S/C13H23N3O.ClH/c17-12(15-11-1-2-11)9-16-8-5-13(10-16)3-6-14-7-4-13;/h11,14H,1-10H2,(H,15,17);1H. The minimum absolute atomic E-state index is 0. The fourth-order valence-corrected chi connectivity index (χ4v) is 3.23. The Morgan fingerprint density at radius 2 is 2.00 bits per heavy atom. The predicted molar refractivity (Wildman–Crippen MR) is 74.0 cm³/mol. The summed E-state index contributed by atoms with van der Waals surface area (Å²) in [4.78, 5) is 14.1. The van der Waals surface area contributed by atoms with Crippen molar-refractivity contribution in [1.82, 2.24) is 15.5 Å². The van der Waals surface area contributed by atoms with Crippen LogP contribution in [0.1, 0.15) is 32.1 Å². The maximum Gasteiger partial charge on any atom is 0.234 e. The second kappa shape index (κ2) is 5.76. The summed E-state index contributed by atoms with van der Waals surface area (Å²) in [6.07, 6.45) is 6.22. The number of hydrogen-bond donors (Lipinski definition) is 2. The number of nitrogens with one attached hydrogen (secondary N) is 2. The van der Waals surface area contributed by atoms with E-state index in [1.54, 1.807) is 0 Å². The number of halogens is 1. The Morgan fingerprint density at radius 3 is 2.67 bits per heavy atom. The zero-order chi connectivity index (χ0) is 11.7. The lowest BCUT2D eigenvalue weighted by Crippen LogP contribution is -2.41. The molecular weight excluding hydrogens is 250 g/mol. The van der Waals surface area contributed by atoms with Crippen LogP contribution < -0.4 is 10.6 Å². The van der Waals surface area contributed by atoms with Gasteiger partial charge in [-0.3, -0.25) is 9.69 Å². The third kappa shape index (κ3) is 3.37. The van der Waals surface area contributed by atoms with E-state index >= 15 is 0 Å². The van der Waals surface area contributed by atoms with Crippen LogP contribution in [0.3, 0.4) is 0 Å². The summed E-state index contributed by atoms with van der Waals surface area (Å²) < 4.78 is 0. The molecular formula is C13H24ClN3O. The Kier molecular flexibility index (Phi) is 4.51. The van der Waals surface area contributed by atoms with Crippen LogP contribution in [0, 0.1) is 5.41 Å². The van der Waals surface area contributed by atoms with Crippen LogP contribution in [0.5, 0.6) is 0 Å². The molecule has 5 heteroatoms. The summed E-state index contributed by atoms with van der Waals surface area (Å²) in [6, 6.07) is 0.498. The number of carbonyl (C=O) groups is 1. The van der Waals surface area contributed by atoms with Crippen LogP contribution in [0.25, 0.3) is 0 Å². The van der Waals surface area contributed by atoms with Gasteiger partial charge in [0.15, 0.2) is 0 Å². The van der Waals surface area contributed by atoms with Gasteiger partial charge < -0.3 is 10.6 Å². The molecule has 1 spiro atoms. The molecule has 2 aliphatic heterocycles. The van der Waals surface area contributed by atoms with Gasteiger partial charge in [-0.2, -0.15) is 0 Å². The number of hydrogen-bond acceptors (Lipinski definition) is 3. The average molecular weight is 274 g/mol. The van der Waals surface area contributed by atoms with Crippen molar-refractivity contribution in [2.45, 2.75) is 38.1 Å². The highest BCUT2D eigenvalue weighted by molar-refractivity contribution is 5.85. The van der Waals surface area contributed by atoms with Crippen LogP contribution in [0.4, 0.5) is 0 Å². The summed E-state index contributed by atoms with van der Waals surface area (Å²) in [5, 5.41) is 6.51. The van der Waals surface area contributed by atoms with Crippen LogP contribution in [0.15, 0.2) is 0 Å². The van der Waals surface area contributed by atoms with Crippen LogP contribution >= 0.6 is 12.4 Å². The Morgan fingerprint density at radius 1 is 1.28 bits per heavy atom. The Bertz CT molecular complexity index is 301. The number of piperidine rings is 1. The van der Waals surface area contributed by atoms with Gasteiger partial charge in [0.25, 0.3) is 0 Å². The van der Waals surface area contributed by atoms with Gasteiger partial charge in [0, 0.05) is 12.6 Å². The first-order valence-corrected chi connectivity index (χ1v) is 6.98. The second-order valence-electron chi connectivity index (χ2n) is 6.05. The lowest BCUT2D eigenvalue weighted by molar-refractivity contribution is -0.122. The number of carbonyl (C=O) groups excluding carboxylic acids is 1. The van der Waals surface area contributed by atoms with Crippen molar-refractivity contribution in [3.63, 3.8) is 0 Å². The van der Waals surface area contributed by atoms with E-state index in [9.17, 15) is 4.79 Å². The molecule has 0 atom stereocenters. The summed E-state index contributed by atoms with van der Waals surface area (Å²) >= 11 is 0. The van der Waals surface area contributed by atoms with E-state index in [-0.39, 0.29) is 18.3 Å². The second-order valence-corrected chi connectivity index (χ2v) is 6.05. The third-order valence-electron chi connectivity index (χ3n) is 4.49. The van der Waals surface area contributed by atoms with Gasteiger partial charge in [0.1, 0.15) is 0 Å². The van der Waals surface area contributed by atoms with E-state index in [2.05, 4.69) is 15.5 Å². The lowest BCUT2D eigenvalue weighted by Gasteiger charge is -2.33. The average Bonchev–Trinajstić information content (AvgIpc) is 3.04. The highest BCUT2D eigenvalue weighted by atomic mass is 35.5. The first-order valence-electron chi connectivity index (χ1n) is 6.98. The first kappa shape index (κ1) is 14.1. The Labute approximate surface area is 115 Å². The van der Waals surface area contributed by atoms with Crippen molar-refractivity contribution >= 4 is 18.3 Å². The molecule has 2 saturated heterocycles. The monoisotopic (exact) mass is 273 g/mol. The van der Waals surface area contributed by atoms with Crippen molar-refractivity contribution in [1.29, 1.82) is 0 Å². The molecule has 3 aliphatic rings. The zero-order valence-corrected chi connectivity index (χ0v) is 11.7. The van der Waals surface area contributed by atoms with Gasteiger partial charge in [0.2, 0.25) is 5.91 Å². The SMILES string of the molecule is Cl.O=C(CN1CCC2(CCNCC2)C1)NC1CC1. The summed E-state index contributed by atoms with van der Waals surface area (Å²) in [6.45, 7) is 5.17. The number of rotatable bonds is 3. The minimum atomic E-state index is 0. The molecule has 0 aromatic heterocycles. The first-order chi connectivity index (χ1) is 8.26. The van der Waals surface area contributed by atoms with Crippen LogP contribution in [0.2, 0.25) is 0 Å². The maximum atomic E-state index is 11.8. The van der Waals surface area contributed by atoms with Crippen LogP contribution in [-0.4, -0.2) is 49.6 Å². The minimum Gasteiger partial charge on any atom is -0.352 e. The van der Waals surface area contributed by atoms with Crippen molar-refractivity contribution in [2.24, 2.45) is 5.41 Å². The molecule has 3 rings (SSSR count). The van der Waals surface area contributed by atoms with Gasteiger partial charge in [-0.25, -0.2) is 0 Å². The summed E-state index contributed by atoms with van der Waals surface area (Å²) in [5.74, 6) is 0.235. The van der Waals surface area contributed by atoms with Crippen molar-refractivity contribution in [3.05, 3.63) is 0 Å². The quantitative estimate of drug-likeness (QED) is 0.798. The third-order valence-corrected chi connectivity index (χ3v) is 4.49. The molecule has 3 fully saturated rings. The summed E-state index contributed by atoms with van der Waals surface area (Å²) in [7, 11) is 0. The molecule has 1 aliphatic carbocycles. The highest BCUT2D eigenvalue weighted by Gasteiger charge is 2.39. The molecule has 2 heterocycles. The van der Waals surface area contributed by atoms with Gasteiger partial charge in [-0.15, -0.1) is 12.4 Å². The topological polar surface area (TPSA) is 44.4 Å². The lowest BCUT2D eigenvalue weighted by atomic mass is 9.78. The maximum absolute atomic E-state index is 11.8. The van der Waals surface area contributed by atoms with E-state index in [0.29, 0.717) is 18.0 Å². The fraction of sp³-hybridized carbons (Fsp3) is 0.923. The molecule has 4 nitrogen and oxygen atoms in total. The zero-order valence-electron chi connectivity index (χ0n) is 10.9. The van der Waals surface area contributed by atoms with Gasteiger partial charge in [0.05, 0.1) is 6.54 Å². The van der Waals surface area contributed by atoms with Gasteiger partial charge in [-0.1, -0.05) is 0 Å². The van der Waals surface area contributed by atoms with Crippen LogP contribution in [-0.2, 0) is 4.79 Å². The van der Waals surface area contributed by atoms with Crippen molar-refractivity contribution in [3.8, 4) is 0 Å². The molecule has 18 heavy (non-hydrogen) atoms. The molecule has 1 saturated carbocycles. The molecule has 1 amide bonds. The molecule has 104 valence electrons. The van der Waals surface area contributed by atoms with E-state index in [0.717, 1.165) is 26.2 Å². The highest BCUT2D eigenvalue weighted by Crippen LogP contribution is 2.38. The predicted octanol–water partition coefficient (Wildman–Crippen LogP) is 0.762. The van der Waals surface area contributed by atoms with Gasteiger partial charge >= 0.3 is 0 Å². The molecule has 0 radical (unpaired) electrons. The number of likely N-dealkylation sites (tertiary alicyclic amines) is 1. The van der Waals surface area contributed by atoms with E-state index in [4.69, 9.17) is 0 Å². The fourth-order valence-electron chi connectivity index (χ4n) is 3.23. The Hall–Kier alpha value is -0.320. The molecule has 0 bridgehead atoms. The molecule has 0 aromatic carbocycles. The number of amides is 1. The smallest absolute Gasteiger partial charge is 0.234 e. The molecule has 0 aromatic rings. The summed E-state index contributed by atoms with van der Waals surface area (Å²) in [5.41, 5.74) is 0.519. The Balaban J connectivity index is 0.00000120. The largest absolute Gasteiger partial charge is 0.352 e. The van der Waals surface area contributed by atoms with Gasteiger partial charge in [-0.05, 0) is 57.2 Å². The van der Waals surface area contributed by atoms with E-state index in [1.807, 2.05) is 0 Å². The molecule has 0 unspecified atom stereocenters. The van der Waals surface area contributed by atoms with E-state index < -0.39 is 0 Å².